The van der Waals surface area contributed by atoms with Gasteiger partial charge in [0.15, 0.2) is 0 Å². The molecular formula is C18H22N4O. The Hall–Kier alpha value is -2.30. The van der Waals surface area contributed by atoms with Gasteiger partial charge in [0.25, 0.3) is 5.91 Å². The lowest BCUT2D eigenvalue weighted by molar-refractivity contribution is 0.0859. The number of aryl methyl sites for hydroxylation is 2. The number of carbonyl (C=O) groups excluding carboxylic acids is 1. The summed E-state index contributed by atoms with van der Waals surface area (Å²) in [6.45, 7) is 2.86. The summed E-state index contributed by atoms with van der Waals surface area (Å²) in [4.78, 5) is 13.1. The molecule has 4 rings (SSSR count). The number of fused-ring (bicyclic) bond motifs is 2. The second-order valence-corrected chi connectivity index (χ2v) is 6.63. The van der Waals surface area contributed by atoms with E-state index in [4.69, 9.17) is 5.73 Å². The van der Waals surface area contributed by atoms with E-state index >= 15 is 0 Å². The van der Waals surface area contributed by atoms with Crippen molar-refractivity contribution in [2.45, 2.75) is 44.9 Å². The smallest absolute Gasteiger partial charge is 0.256 e. The van der Waals surface area contributed by atoms with Crippen LogP contribution in [0.15, 0.2) is 18.2 Å². The van der Waals surface area contributed by atoms with E-state index in [-0.39, 0.29) is 11.8 Å². The molecule has 1 unspecified atom stereocenters. The van der Waals surface area contributed by atoms with E-state index in [1.54, 1.807) is 0 Å². The molecule has 0 radical (unpaired) electrons. The van der Waals surface area contributed by atoms with Crippen molar-refractivity contribution in [3.8, 4) is 0 Å². The van der Waals surface area contributed by atoms with Gasteiger partial charge >= 0.3 is 0 Å². The fourth-order valence-electron chi connectivity index (χ4n) is 3.78. The molecule has 5 heteroatoms. The number of rotatable bonds is 1. The molecule has 1 aliphatic carbocycles. The van der Waals surface area contributed by atoms with Crippen molar-refractivity contribution in [3.05, 3.63) is 40.6 Å². The average molecular weight is 310 g/mol. The van der Waals surface area contributed by atoms with Crippen molar-refractivity contribution in [2.24, 2.45) is 0 Å². The highest BCUT2D eigenvalue weighted by Crippen LogP contribution is 2.35. The van der Waals surface area contributed by atoms with E-state index in [0.717, 1.165) is 61.2 Å². The van der Waals surface area contributed by atoms with Crippen LogP contribution in [0.5, 0.6) is 0 Å². The lowest BCUT2D eigenvalue weighted by atomic mass is 9.89. The summed E-state index contributed by atoms with van der Waals surface area (Å²) < 4.78 is 1.47. The van der Waals surface area contributed by atoms with Crippen LogP contribution in [0.4, 0.5) is 11.5 Å². The zero-order valence-electron chi connectivity index (χ0n) is 13.4. The fourth-order valence-corrected chi connectivity index (χ4v) is 3.78. The topological polar surface area (TPSA) is 72.9 Å². The van der Waals surface area contributed by atoms with Crippen LogP contribution in [-0.4, -0.2) is 22.2 Å². The van der Waals surface area contributed by atoms with Crippen LogP contribution >= 0.6 is 0 Å². The van der Waals surface area contributed by atoms with Crippen molar-refractivity contribution in [1.82, 2.24) is 9.78 Å². The monoisotopic (exact) mass is 310 g/mol. The number of nitrogens with zero attached hydrogens (tertiary/aromatic N) is 2. The lowest BCUT2D eigenvalue weighted by Crippen LogP contribution is -2.28. The Balaban J connectivity index is 1.72. The van der Waals surface area contributed by atoms with Gasteiger partial charge in [-0.25, -0.2) is 0 Å². The Labute approximate surface area is 135 Å². The van der Waals surface area contributed by atoms with Crippen LogP contribution in [-0.2, 0) is 12.8 Å². The first kappa shape index (κ1) is 14.3. The van der Waals surface area contributed by atoms with E-state index in [9.17, 15) is 4.79 Å². The number of nitrogens with two attached hydrogens (primary N) is 1. The molecule has 0 spiro atoms. The molecule has 0 saturated heterocycles. The first-order valence-corrected chi connectivity index (χ1v) is 8.40. The van der Waals surface area contributed by atoms with Gasteiger partial charge < -0.3 is 11.1 Å². The molecular weight excluding hydrogens is 288 g/mol. The van der Waals surface area contributed by atoms with Gasteiger partial charge in [0, 0.05) is 17.8 Å². The minimum absolute atomic E-state index is 0.00324. The third-order valence-corrected chi connectivity index (χ3v) is 5.04. The van der Waals surface area contributed by atoms with Crippen LogP contribution in [0.2, 0.25) is 0 Å². The molecule has 0 amide bonds. The highest BCUT2D eigenvalue weighted by molar-refractivity contribution is 5.90. The molecule has 2 aromatic rings. The number of nitrogens with one attached hydrogen (secondary N) is 1. The van der Waals surface area contributed by atoms with Gasteiger partial charge in [-0.2, -0.15) is 9.78 Å². The van der Waals surface area contributed by atoms with E-state index in [1.807, 2.05) is 0 Å². The molecule has 2 heterocycles. The normalized spacial score (nSPS) is 19.6. The van der Waals surface area contributed by atoms with Crippen LogP contribution in [0.25, 0.3) is 0 Å². The average Bonchev–Trinajstić information content (AvgIpc) is 2.91. The van der Waals surface area contributed by atoms with E-state index in [2.05, 4.69) is 35.5 Å². The van der Waals surface area contributed by atoms with Crippen LogP contribution in [0.3, 0.4) is 0 Å². The van der Waals surface area contributed by atoms with Gasteiger partial charge in [-0.1, -0.05) is 12.1 Å². The van der Waals surface area contributed by atoms with Gasteiger partial charge in [-0.05, 0) is 56.2 Å². The summed E-state index contributed by atoms with van der Waals surface area (Å²) >= 11 is 0. The second-order valence-electron chi connectivity index (χ2n) is 6.63. The summed E-state index contributed by atoms with van der Waals surface area (Å²) in [5.41, 5.74) is 11.6. The SMILES string of the molecule is Cc1ccc2c(c1)NCCC2C(=O)n1nc2c(c1N)CCCC2. The summed E-state index contributed by atoms with van der Waals surface area (Å²) in [6, 6.07) is 6.22. The number of hydrogen-bond acceptors (Lipinski definition) is 4. The molecule has 0 saturated carbocycles. The highest BCUT2D eigenvalue weighted by atomic mass is 16.2. The Bertz CT molecular complexity index is 778. The molecule has 0 bridgehead atoms. The molecule has 1 aromatic heterocycles. The summed E-state index contributed by atoms with van der Waals surface area (Å²) in [5.74, 6) is 0.385. The van der Waals surface area contributed by atoms with Gasteiger partial charge in [-0.15, -0.1) is 0 Å². The van der Waals surface area contributed by atoms with Gasteiger partial charge in [0.1, 0.15) is 5.82 Å². The Morgan fingerprint density at radius 2 is 2.17 bits per heavy atom. The van der Waals surface area contributed by atoms with Crippen LogP contribution < -0.4 is 11.1 Å². The highest BCUT2D eigenvalue weighted by Gasteiger charge is 2.31. The predicted octanol–water partition coefficient (Wildman–Crippen LogP) is 2.89. The minimum atomic E-state index is -0.171. The quantitative estimate of drug-likeness (QED) is 0.849. The molecule has 1 aromatic carbocycles. The van der Waals surface area contributed by atoms with Gasteiger partial charge in [0.05, 0.1) is 11.6 Å². The van der Waals surface area contributed by atoms with Crippen molar-refractivity contribution in [1.29, 1.82) is 0 Å². The fraction of sp³-hybridized carbons (Fsp3) is 0.444. The Morgan fingerprint density at radius 3 is 3.00 bits per heavy atom. The second kappa shape index (κ2) is 5.41. The molecule has 5 nitrogen and oxygen atoms in total. The van der Waals surface area contributed by atoms with Gasteiger partial charge in [0.2, 0.25) is 0 Å². The maximum absolute atomic E-state index is 13.1. The zero-order chi connectivity index (χ0) is 16.0. The Kier molecular flexibility index (Phi) is 3.36. The van der Waals surface area contributed by atoms with Crippen molar-refractivity contribution in [2.75, 3.05) is 17.6 Å². The van der Waals surface area contributed by atoms with Crippen molar-refractivity contribution < 1.29 is 4.79 Å². The van der Waals surface area contributed by atoms with Crippen molar-refractivity contribution >= 4 is 17.4 Å². The molecule has 1 aliphatic heterocycles. The third kappa shape index (κ3) is 2.31. The van der Waals surface area contributed by atoms with E-state index in [1.165, 1.54) is 10.2 Å². The Morgan fingerprint density at radius 1 is 1.35 bits per heavy atom. The lowest BCUT2D eigenvalue weighted by Gasteiger charge is -2.26. The van der Waals surface area contributed by atoms with Crippen LogP contribution in [0, 0.1) is 6.92 Å². The predicted molar refractivity (Wildman–Crippen MR) is 90.9 cm³/mol. The summed E-state index contributed by atoms with van der Waals surface area (Å²) in [5, 5.41) is 7.93. The molecule has 2 aliphatic rings. The van der Waals surface area contributed by atoms with Crippen LogP contribution in [0.1, 0.15) is 52.4 Å². The third-order valence-electron chi connectivity index (χ3n) is 5.04. The first-order chi connectivity index (χ1) is 11.1. The minimum Gasteiger partial charge on any atom is -0.385 e. The number of benzene rings is 1. The maximum atomic E-state index is 13.1. The molecule has 3 N–H and O–H groups in total. The summed E-state index contributed by atoms with van der Waals surface area (Å²) in [7, 11) is 0. The molecule has 23 heavy (non-hydrogen) atoms. The molecule has 120 valence electrons. The molecule has 0 fully saturated rings. The number of anilines is 2. The van der Waals surface area contributed by atoms with E-state index < -0.39 is 0 Å². The number of carbonyl (C=O) groups is 1. The summed E-state index contributed by atoms with van der Waals surface area (Å²) in [6.07, 6.45) is 4.91. The van der Waals surface area contributed by atoms with E-state index in [0.29, 0.717) is 5.82 Å². The zero-order valence-corrected chi connectivity index (χ0v) is 13.4. The first-order valence-electron chi connectivity index (χ1n) is 8.40. The molecule has 1 atom stereocenters. The van der Waals surface area contributed by atoms with Gasteiger partial charge in [-0.3, -0.25) is 4.79 Å². The number of nitrogen functional groups attached to an aromatic ring is 1. The maximum Gasteiger partial charge on any atom is 0.256 e. The standard InChI is InChI=1S/C18H22N4O/c1-11-6-7-12-13(8-9-20-16(12)10-11)18(23)22-17(19)14-4-2-3-5-15(14)21-22/h6-7,10,13,20H,2-5,8-9,19H2,1H3. The largest absolute Gasteiger partial charge is 0.385 e. The number of aromatic nitrogens is 2. The van der Waals surface area contributed by atoms with Crippen molar-refractivity contribution in [3.63, 3.8) is 0 Å². The number of hydrogen-bond donors (Lipinski definition) is 2.